The quantitative estimate of drug-likeness (QED) is 0.702. The lowest BCUT2D eigenvalue weighted by Gasteiger charge is -2.22. The third kappa shape index (κ3) is 1.54. The molecule has 0 saturated carbocycles. The van der Waals surface area contributed by atoms with Gasteiger partial charge in [-0.05, 0) is 54.1 Å². The second kappa shape index (κ2) is 3.58. The highest BCUT2D eigenvalue weighted by Crippen LogP contribution is 2.28. The van der Waals surface area contributed by atoms with Gasteiger partial charge in [0.25, 0.3) is 0 Å². The third-order valence-corrected chi connectivity index (χ3v) is 3.51. The molecule has 1 aromatic rings. The maximum absolute atomic E-state index is 3.45. The molecular formula is C10H15NS. The molecule has 1 N–H and O–H groups in total. The second-order valence-electron chi connectivity index (χ2n) is 3.55. The Hall–Kier alpha value is -0.340. The Morgan fingerprint density at radius 1 is 1.50 bits per heavy atom. The Kier molecular flexibility index (Phi) is 2.47. The first-order valence-electron chi connectivity index (χ1n) is 4.61. The van der Waals surface area contributed by atoms with E-state index in [1.165, 1.54) is 31.5 Å². The molecule has 1 atom stereocenters. The molecule has 2 heterocycles. The molecule has 0 spiro atoms. The first-order chi connectivity index (χ1) is 5.88. The second-order valence-corrected chi connectivity index (χ2v) is 4.30. The van der Waals surface area contributed by atoms with Crippen LogP contribution in [0.1, 0.15) is 29.9 Å². The summed E-state index contributed by atoms with van der Waals surface area (Å²) in [7, 11) is 0. The molecule has 1 aliphatic heterocycles. The van der Waals surface area contributed by atoms with Crippen LogP contribution in [0.2, 0.25) is 0 Å². The molecule has 1 aliphatic rings. The molecule has 1 nitrogen and oxygen atoms in total. The van der Waals surface area contributed by atoms with Gasteiger partial charge in [0.15, 0.2) is 0 Å². The van der Waals surface area contributed by atoms with E-state index in [1.807, 2.05) is 11.3 Å². The molecule has 1 aromatic heterocycles. The van der Waals surface area contributed by atoms with Crippen molar-refractivity contribution in [3.63, 3.8) is 0 Å². The van der Waals surface area contributed by atoms with Gasteiger partial charge in [-0.25, -0.2) is 0 Å². The number of nitrogens with one attached hydrogen (secondary N) is 1. The lowest BCUT2D eigenvalue weighted by atomic mass is 9.92. The van der Waals surface area contributed by atoms with Gasteiger partial charge in [0, 0.05) is 6.54 Å². The van der Waals surface area contributed by atoms with Gasteiger partial charge >= 0.3 is 0 Å². The van der Waals surface area contributed by atoms with Crippen molar-refractivity contribution in [1.29, 1.82) is 0 Å². The summed E-state index contributed by atoms with van der Waals surface area (Å²) in [5, 5.41) is 8.02. The number of piperidine rings is 1. The molecule has 0 radical (unpaired) electrons. The van der Waals surface area contributed by atoms with Crippen LogP contribution in [0.15, 0.2) is 10.8 Å². The van der Waals surface area contributed by atoms with E-state index in [0.29, 0.717) is 0 Å². The van der Waals surface area contributed by atoms with Gasteiger partial charge in [0.2, 0.25) is 0 Å². The fourth-order valence-corrected chi connectivity index (χ4v) is 2.84. The molecule has 1 saturated heterocycles. The lowest BCUT2D eigenvalue weighted by molar-refractivity contribution is 0.461. The van der Waals surface area contributed by atoms with E-state index in [4.69, 9.17) is 0 Å². The van der Waals surface area contributed by atoms with Crippen molar-refractivity contribution in [3.8, 4) is 0 Å². The monoisotopic (exact) mass is 181 g/mol. The van der Waals surface area contributed by atoms with Crippen molar-refractivity contribution in [2.75, 3.05) is 13.1 Å². The van der Waals surface area contributed by atoms with Gasteiger partial charge < -0.3 is 5.32 Å². The van der Waals surface area contributed by atoms with Gasteiger partial charge in [0.05, 0.1) is 0 Å². The average Bonchev–Trinajstić information content (AvgIpc) is 2.53. The minimum absolute atomic E-state index is 0.782. The van der Waals surface area contributed by atoms with Crippen LogP contribution < -0.4 is 5.32 Å². The maximum Gasteiger partial charge on any atom is 0.00205 e. The standard InChI is InChI=1S/C10H15NS/c1-8-6-12-7-10(8)9-3-2-4-11-5-9/h6-7,9,11H,2-5H2,1H3. The highest BCUT2D eigenvalue weighted by molar-refractivity contribution is 7.08. The van der Waals surface area contributed by atoms with E-state index in [2.05, 4.69) is 23.0 Å². The predicted molar refractivity (Wildman–Crippen MR) is 53.9 cm³/mol. The van der Waals surface area contributed by atoms with Crippen LogP contribution in [0.4, 0.5) is 0 Å². The summed E-state index contributed by atoms with van der Waals surface area (Å²) in [5.41, 5.74) is 3.06. The van der Waals surface area contributed by atoms with Crippen LogP contribution in [-0.2, 0) is 0 Å². The van der Waals surface area contributed by atoms with Crippen molar-refractivity contribution in [2.24, 2.45) is 0 Å². The first-order valence-corrected chi connectivity index (χ1v) is 5.55. The number of hydrogen-bond acceptors (Lipinski definition) is 2. The molecule has 12 heavy (non-hydrogen) atoms. The molecule has 1 unspecified atom stereocenters. The van der Waals surface area contributed by atoms with Crippen molar-refractivity contribution < 1.29 is 0 Å². The summed E-state index contributed by atoms with van der Waals surface area (Å²) >= 11 is 1.83. The molecule has 0 aromatic carbocycles. The van der Waals surface area contributed by atoms with E-state index in [1.54, 1.807) is 5.56 Å². The molecular weight excluding hydrogens is 166 g/mol. The minimum atomic E-state index is 0.782. The summed E-state index contributed by atoms with van der Waals surface area (Å²) in [6, 6.07) is 0. The minimum Gasteiger partial charge on any atom is -0.316 e. The van der Waals surface area contributed by atoms with Gasteiger partial charge in [0.1, 0.15) is 0 Å². The maximum atomic E-state index is 3.45. The summed E-state index contributed by atoms with van der Waals surface area (Å²) in [6.07, 6.45) is 2.70. The molecule has 0 aliphatic carbocycles. The van der Waals surface area contributed by atoms with Gasteiger partial charge in [-0.2, -0.15) is 11.3 Å². The zero-order valence-corrected chi connectivity index (χ0v) is 8.29. The van der Waals surface area contributed by atoms with Crippen LogP contribution in [-0.4, -0.2) is 13.1 Å². The number of thiophene rings is 1. The molecule has 2 rings (SSSR count). The van der Waals surface area contributed by atoms with Crippen molar-refractivity contribution in [3.05, 3.63) is 21.9 Å². The van der Waals surface area contributed by atoms with E-state index >= 15 is 0 Å². The van der Waals surface area contributed by atoms with Crippen LogP contribution in [0.25, 0.3) is 0 Å². The van der Waals surface area contributed by atoms with Crippen LogP contribution >= 0.6 is 11.3 Å². The van der Waals surface area contributed by atoms with Crippen LogP contribution in [0.3, 0.4) is 0 Å². The van der Waals surface area contributed by atoms with Gasteiger partial charge in [-0.15, -0.1) is 0 Å². The Labute approximate surface area is 77.8 Å². The first kappa shape index (κ1) is 8.27. The molecule has 0 bridgehead atoms. The molecule has 0 amide bonds. The van der Waals surface area contributed by atoms with E-state index in [9.17, 15) is 0 Å². The number of hydrogen-bond donors (Lipinski definition) is 1. The molecule has 66 valence electrons. The van der Waals surface area contributed by atoms with E-state index in [-0.39, 0.29) is 0 Å². The topological polar surface area (TPSA) is 12.0 Å². The Morgan fingerprint density at radius 3 is 3.00 bits per heavy atom. The highest BCUT2D eigenvalue weighted by atomic mass is 32.1. The molecule has 1 fully saturated rings. The summed E-state index contributed by atoms with van der Waals surface area (Å²) in [6.45, 7) is 4.61. The average molecular weight is 181 g/mol. The lowest BCUT2D eigenvalue weighted by Crippen LogP contribution is -2.28. The smallest absolute Gasteiger partial charge is 0.00205 e. The Balaban J connectivity index is 2.13. The molecule has 2 heteroatoms. The zero-order valence-electron chi connectivity index (χ0n) is 7.47. The predicted octanol–water partition coefficient (Wildman–Crippen LogP) is 2.52. The van der Waals surface area contributed by atoms with E-state index in [0.717, 1.165) is 5.92 Å². The number of aryl methyl sites for hydroxylation is 1. The largest absolute Gasteiger partial charge is 0.316 e. The summed E-state index contributed by atoms with van der Waals surface area (Å²) in [5.74, 6) is 0.782. The van der Waals surface area contributed by atoms with Crippen molar-refractivity contribution in [1.82, 2.24) is 5.32 Å². The zero-order chi connectivity index (χ0) is 8.39. The number of rotatable bonds is 1. The normalized spacial score (nSPS) is 24.2. The van der Waals surface area contributed by atoms with Crippen molar-refractivity contribution >= 4 is 11.3 Å². The van der Waals surface area contributed by atoms with Crippen LogP contribution in [0.5, 0.6) is 0 Å². The summed E-state index contributed by atoms with van der Waals surface area (Å²) < 4.78 is 0. The highest BCUT2D eigenvalue weighted by Gasteiger charge is 2.16. The fraction of sp³-hybridized carbons (Fsp3) is 0.600. The van der Waals surface area contributed by atoms with Gasteiger partial charge in [-0.3, -0.25) is 0 Å². The Morgan fingerprint density at radius 2 is 2.42 bits per heavy atom. The van der Waals surface area contributed by atoms with Crippen molar-refractivity contribution in [2.45, 2.75) is 25.7 Å². The van der Waals surface area contributed by atoms with E-state index < -0.39 is 0 Å². The third-order valence-electron chi connectivity index (χ3n) is 2.63. The Bertz CT molecular complexity index is 248. The SMILES string of the molecule is Cc1cscc1C1CCCNC1. The summed E-state index contributed by atoms with van der Waals surface area (Å²) in [4.78, 5) is 0. The van der Waals surface area contributed by atoms with Crippen LogP contribution in [0, 0.1) is 6.92 Å². The fourth-order valence-electron chi connectivity index (χ4n) is 1.91. The van der Waals surface area contributed by atoms with Gasteiger partial charge in [-0.1, -0.05) is 0 Å².